The van der Waals surface area contributed by atoms with E-state index in [-0.39, 0.29) is 0 Å². The van der Waals surface area contributed by atoms with Gasteiger partial charge in [0.2, 0.25) is 0 Å². The Balaban J connectivity index is 1.90. The van der Waals surface area contributed by atoms with E-state index >= 15 is 0 Å². The summed E-state index contributed by atoms with van der Waals surface area (Å²) in [5.74, 6) is 0.544. The molecule has 0 aromatic heterocycles. The maximum Gasteiger partial charge on any atom is 0.0410 e. The third-order valence-corrected chi connectivity index (χ3v) is 3.58. The summed E-state index contributed by atoms with van der Waals surface area (Å²) in [4.78, 5) is 0. The van der Waals surface area contributed by atoms with Crippen LogP contribution in [0.5, 0.6) is 0 Å². The van der Waals surface area contributed by atoms with Crippen LogP contribution in [-0.4, -0.2) is 6.54 Å². The molecule has 86 valence electrons. The maximum atomic E-state index is 6.04. The highest BCUT2D eigenvalue weighted by molar-refractivity contribution is 6.30. The van der Waals surface area contributed by atoms with Gasteiger partial charge in [0.05, 0.1) is 0 Å². The lowest BCUT2D eigenvalue weighted by Gasteiger charge is -2.26. The van der Waals surface area contributed by atoms with Crippen LogP contribution in [0.25, 0.3) is 0 Å². The first-order chi connectivity index (χ1) is 8.33. The van der Waals surface area contributed by atoms with Crippen molar-refractivity contribution in [2.24, 2.45) is 0 Å². The molecule has 1 nitrogen and oxygen atoms in total. The summed E-state index contributed by atoms with van der Waals surface area (Å²) in [5.41, 5.74) is 3.94. The molecule has 0 spiro atoms. The smallest absolute Gasteiger partial charge is 0.0410 e. The molecular weight excluding hydrogens is 230 g/mol. The van der Waals surface area contributed by atoms with Crippen LogP contribution >= 0.6 is 11.6 Å². The molecule has 0 aliphatic carbocycles. The number of halogens is 1. The topological polar surface area (TPSA) is 12.0 Å². The van der Waals surface area contributed by atoms with E-state index in [0.29, 0.717) is 5.92 Å². The van der Waals surface area contributed by atoms with Gasteiger partial charge in [-0.2, -0.15) is 0 Å². The molecule has 2 aromatic rings. The zero-order valence-corrected chi connectivity index (χ0v) is 10.2. The van der Waals surface area contributed by atoms with Crippen molar-refractivity contribution in [3.63, 3.8) is 0 Å². The Hall–Kier alpha value is -1.47. The first-order valence-electron chi connectivity index (χ1n) is 5.90. The van der Waals surface area contributed by atoms with Gasteiger partial charge in [-0.3, -0.25) is 0 Å². The molecular formula is C15H14ClN. The number of fused-ring (bicyclic) bond motifs is 1. The van der Waals surface area contributed by atoms with E-state index in [4.69, 9.17) is 11.6 Å². The van der Waals surface area contributed by atoms with Crippen LogP contribution in [-0.2, 0) is 6.42 Å². The van der Waals surface area contributed by atoms with Gasteiger partial charge in [0.15, 0.2) is 0 Å². The average Bonchev–Trinajstić information content (AvgIpc) is 2.39. The molecule has 1 aliphatic heterocycles. The van der Waals surface area contributed by atoms with Crippen LogP contribution in [0.4, 0.5) is 5.69 Å². The molecule has 0 amide bonds. The van der Waals surface area contributed by atoms with Gasteiger partial charge >= 0.3 is 0 Å². The molecule has 2 aromatic carbocycles. The molecule has 17 heavy (non-hydrogen) atoms. The summed E-state index contributed by atoms with van der Waals surface area (Å²) < 4.78 is 0. The van der Waals surface area contributed by atoms with Gasteiger partial charge in [-0.25, -0.2) is 0 Å². The maximum absolute atomic E-state index is 6.04. The minimum absolute atomic E-state index is 0.544. The molecule has 0 saturated heterocycles. The van der Waals surface area contributed by atoms with E-state index in [1.807, 2.05) is 6.07 Å². The van der Waals surface area contributed by atoms with Gasteiger partial charge in [-0.1, -0.05) is 41.9 Å². The monoisotopic (exact) mass is 243 g/mol. The first-order valence-corrected chi connectivity index (χ1v) is 6.28. The molecule has 0 bridgehead atoms. The number of anilines is 1. The fourth-order valence-corrected chi connectivity index (χ4v) is 2.63. The van der Waals surface area contributed by atoms with Crippen molar-refractivity contribution in [3.8, 4) is 0 Å². The van der Waals surface area contributed by atoms with Crippen molar-refractivity contribution >= 4 is 17.3 Å². The van der Waals surface area contributed by atoms with Crippen LogP contribution in [0.1, 0.15) is 17.0 Å². The highest BCUT2D eigenvalue weighted by Gasteiger charge is 2.19. The van der Waals surface area contributed by atoms with Crippen LogP contribution in [0.3, 0.4) is 0 Å². The van der Waals surface area contributed by atoms with Crippen LogP contribution in [0.15, 0.2) is 48.5 Å². The second-order valence-corrected chi connectivity index (χ2v) is 4.93. The lowest BCUT2D eigenvalue weighted by atomic mass is 9.88. The third kappa shape index (κ3) is 2.16. The largest absolute Gasteiger partial charge is 0.384 e. The minimum Gasteiger partial charge on any atom is -0.384 e. The zero-order valence-electron chi connectivity index (χ0n) is 9.49. The number of hydrogen-bond acceptors (Lipinski definition) is 1. The Morgan fingerprint density at radius 3 is 2.71 bits per heavy atom. The Bertz CT molecular complexity index is 522. The summed E-state index contributed by atoms with van der Waals surface area (Å²) in [5, 5.41) is 4.30. The van der Waals surface area contributed by atoms with Crippen molar-refractivity contribution in [1.29, 1.82) is 0 Å². The van der Waals surface area contributed by atoms with Crippen LogP contribution in [0.2, 0.25) is 5.02 Å². The van der Waals surface area contributed by atoms with Gasteiger partial charge in [-0.05, 0) is 35.7 Å². The SMILES string of the molecule is Clc1ccc2c(c1)CC(c1ccccc1)CN2. The highest BCUT2D eigenvalue weighted by atomic mass is 35.5. The lowest BCUT2D eigenvalue weighted by molar-refractivity contribution is 0.695. The highest BCUT2D eigenvalue weighted by Crippen LogP contribution is 2.31. The van der Waals surface area contributed by atoms with Gasteiger partial charge in [0, 0.05) is 23.2 Å². The van der Waals surface area contributed by atoms with Crippen molar-refractivity contribution < 1.29 is 0 Å². The van der Waals surface area contributed by atoms with E-state index in [0.717, 1.165) is 18.0 Å². The summed E-state index contributed by atoms with van der Waals surface area (Å²) in [6.45, 7) is 0.999. The molecule has 2 heteroatoms. The molecule has 1 N–H and O–H groups in total. The first kappa shape index (κ1) is 10.7. The Morgan fingerprint density at radius 1 is 1.06 bits per heavy atom. The second kappa shape index (κ2) is 4.42. The van der Waals surface area contributed by atoms with Gasteiger partial charge in [0.1, 0.15) is 0 Å². The number of nitrogens with one attached hydrogen (secondary N) is 1. The number of rotatable bonds is 1. The van der Waals surface area contributed by atoms with E-state index in [9.17, 15) is 0 Å². The van der Waals surface area contributed by atoms with E-state index in [2.05, 4.69) is 47.8 Å². The summed E-state index contributed by atoms with van der Waals surface area (Å²) in [6.07, 6.45) is 1.06. The third-order valence-electron chi connectivity index (χ3n) is 3.34. The number of benzene rings is 2. The fourth-order valence-electron chi connectivity index (χ4n) is 2.44. The molecule has 1 atom stereocenters. The molecule has 1 aliphatic rings. The van der Waals surface area contributed by atoms with Crippen LogP contribution < -0.4 is 5.32 Å². The van der Waals surface area contributed by atoms with Gasteiger partial charge in [-0.15, -0.1) is 0 Å². The standard InChI is InChI=1S/C15H14ClN/c16-14-6-7-15-12(9-14)8-13(10-17-15)11-4-2-1-3-5-11/h1-7,9,13,17H,8,10H2. The Kier molecular flexibility index (Phi) is 2.77. The van der Waals surface area contributed by atoms with Gasteiger partial charge in [0.25, 0.3) is 0 Å². The van der Waals surface area contributed by atoms with Crippen molar-refractivity contribution in [2.45, 2.75) is 12.3 Å². The van der Waals surface area contributed by atoms with Crippen molar-refractivity contribution in [1.82, 2.24) is 0 Å². The average molecular weight is 244 g/mol. The van der Waals surface area contributed by atoms with Crippen LogP contribution in [0, 0.1) is 0 Å². The second-order valence-electron chi connectivity index (χ2n) is 4.49. The summed E-state index contributed by atoms with van der Waals surface area (Å²) in [6, 6.07) is 16.7. The van der Waals surface area contributed by atoms with E-state index < -0.39 is 0 Å². The predicted octanol–water partition coefficient (Wildman–Crippen LogP) is 4.09. The zero-order chi connectivity index (χ0) is 11.7. The van der Waals surface area contributed by atoms with E-state index in [1.54, 1.807) is 0 Å². The Morgan fingerprint density at radius 2 is 1.88 bits per heavy atom. The summed E-state index contributed by atoms with van der Waals surface area (Å²) in [7, 11) is 0. The normalized spacial score (nSPS) is 18.3. The molecule has 3 rings (SSSR count). The van der Waals surface area contributed by atoms with Crippen molar-refractivity contribution in [2.75, 3.05) is 11.9 Å². The summed E-state index contributed by atoms with van der Waals surface area (Å²) >= 11 is 6.04. The quantitative estimate of drug-likeness (QED) is 0.796. The van der Waals surface area contributed by atoms with Crippen molar-refractivity contribution in [3.05, 3.63) is 64.7 Å². The Labute approximate surface area is 106 Å². The fraction of sp³-hybridized carbons (Fsp3) is 0.200. The molecule has 0 saturated carbocycles. The number of hydrogen-bond donors (Lipinski definition) is 1. The predicted molar refractivity (Wildman–Crippen MR) is 72.8 cm³/mol. The minimum atomic E-state index is 0.544. The van der Waals surface area contributed by atoms with Gasteiger partial charge < -0.3 is 5.32 Å². The molecule has 1 heterocycles. The van der Waals surface area contributed by atoms with E-state index in [1.165, 1.54) is 16.8 Å². The lowest BCUT2D eigenvalue weighted by Crippen LogP contribution is -2.21. The molecule has 0 radical (unpaired) electrons. The molecule has 1 unspecified atom stereocenters. The molecule has 0 fully saturated rings.